The molecule has 0 spiro atoms. The number of aromatic amines is 1. The molecule has 0 amide bonds. The molecular formula is C30H25FN8. The fraction of sp³-hybridized carbons (Fsp3) is 0.200. The Morgan fingerprint density at radius 1 is 0.949 bits per heavy atom. The van der Waals surface area contributed by atoms with Gasteiger partial charge in [0.15, 0.2) is 5.65 Å². The smallest absolute Gasteiger partial charge is 0.164 e. The van der Waals surface area contributed by atoms with E-state index >= 15 is 4.39 Å². The van der Waals surface area contributed by atoms with Gasteiger partial charge in [-0.25, -0.2) is 13.9 Å². The predicted octanol–water partition coefficient (Wildman–Crippen LogP) is 5.03. The second-order valence-electron chi connectivity index (χ2n) is 10.5. The molecule has 4 aromatic heterocycles. The summed E-state index contributed by atoms with van der Waals surface area (Å²) in [4.78, 5) is 13.6. The summed E-state index contributed by atoms with van der Waals surface area (Å²) in [5.41, 5.74) is 7.40. The van der Waals surface area contributed by atoms with Crippen LogP contribution in [0.25, 0.3) is 50.2 Å². The molecule has 192 valence electrons. The summed E-state index contributed by atoms with van der Waals surface area (Å²) in [6, 6.07) is 18.2. The number of halogens is 1. The van der Waals surface area contributed by atoms with Gasteiger partial charge in [-0.15, -0.1) is 0 Å². The van der Waals surface area contributed by atoms with Gasteiger partial charge in [-0.1, -0.05) is 18.2 Å². The standard InChI is InChI=1S/C30H25FN8/c1-37-16-21-14-20(37)17-38(21)27-6-5-19(13-24(27)31)26-9-12-33-30-28(22-3-2-4-25-23(22)15-34-35-25)29(36-39(26)30)18-7-10-32-11-8-18/h2-13,15,20-21H,14,16-17H2,1H3,(H,34,35). The zero-order chi connectivity index (χ0) is 26.1. The molecular weight excluding hydrogens is 491 g/mol. The third kappa shape index (κ3) is 3.39. The van der Waals surface area contributed by atoms with Crippen molar-refractivity contribution in [2.45, 2.75) is 18.5 Å². The SMILES string of the molecule is CN1CC2CC1CN2c1ccc(-c2ccnc3c(-c4cccc5[nH]ncc45)c(-c4ccncc4)nn23)cc1F. The number of fused-ring (bicyclic) bond motifs is 4. The van der Waals surface area contributed by atoms with Gasteiger partial charge in [-0.2, -0.15) is 10.2 Å². The first-order valence-electron chi connectivity index (χ1n) is 13.1. The van der Waals surface area contributed by atoms with Crippen LogP contribution in [-0.4, -0.2) is 66.9 Å². The van der Waals surface area contributed by atoms with E-state index in [1.54, 1.807) is 24.7 Å². The molecule has 2 atom stereocenters. The number of H-pyrrole nitrogens is 1. The Kier molecular flexibility index (Phi) is 4.84. The zero-order valence-electron chi connectivity index (χ0n) is 21.3. The molecule has 0 aliphatic carbocycles. The number of hydrogen-bond acceptors (Lipinski definition) is 6. The lowest BCUT2D eigenvalue weighted by Crippen LogP contribution is -2.44. The molecule has 2 aromatic carbocycles. The van der Waals surface area contributed by atoms with E-state index in [0.29, 0.717) is 23.4 Å². The summed E-state index contributed by atoms with van der Waals surface area (Å²) < 4.78 is 17.5. The monoisotopic (exact) mass is 516 g/mol. The van der Waals surface area contributed by atoms with E-state index < -0.39 is 0 Å². The lowest BCUT2D eigenvalue weighted by molar-refractivity contribution is 0.292. The second kappa shape index (κ2) is 8.44. The number of pyridine rings is 1. The van der Waals surface area contributed by atoms with Crippen LogP contribution in [0, 0.1) is 5.82 Å². The molecule has 9 heteroatoms. The fourth-order valence-corrected chi connectivity index (χ4v) is 6.37. The molecule has 6 heterocycles. The minimum atomic E-state index is -0.211. The molecule has 2 fully saturated rings. The fourth-order valence-electron chi connectivity index (χ4n) is 6.37. The van der Waals surface area contributed by atoms with Crippen LogP contribution < -0.4 is 4.90 Å². The number of nitrogens with one attached hydrogen (secondary N) is 1. The molecule has 8 rings (SSSR count). The highest BCUT2D eigenvalue weighted by atomic mass is 19.1. The van der Waals surface area contributed by atoms with Crippen molar-refractivity contribution in [2.75, 3.05) is 25.0 Å². The maximum absolute atomic E-state index is 15.6. The van der Waals surface area contributed by atoms with Crippen LogP contribution in [0.1, 0.15) is 6.42 Å². The molecule has 8 nitrogen and oxygen atoms in total. The molecule has 0 radical (unpaired) electrons. The Labute approximate surface area is 223 Å². The topological polar surface area (TPSA) is 78.2 Å². The number of aromatic nitrogens is 6. The van der Waals surface area contributed by atoms with Gasteiger partial charge in [0.2, 0.25) is 0 Å². The largest absolute Gasteiger partial charge is 0.363 e. The molecule has 2 saturated heterocycles. The number of rotatable bonds is 4. The number of piperazine rings is 1. The van der Waals surface area contributed by atoms with E-state index in [1.807, 2.05) is 53.2 Å². The van der Waals surface area contributed by atoms with Crippen molar-refractivity contribution in [3.8, 4) is 33.6 Å². The van der Waals surface area contributed by atoms with Crippen LogP contribution in [0.15, 0.2) is 79.4 Å². The van der Waals surface area contributed by atoms with Crippen molar-refractivity contribution in [1.82, 2.24) is 34.7 Å². The lowest BCUT2D eigenvalue weighted by atomic mass is 9.99. The summed E-state index contributed by atoms with van der Waals surface area (Å²) >= 11 is 0. The van der Waals surface area contributed by atoms with Crippen LogP contribution >= 0.6 is 0 Å². The number of likely N-dealkylation sites (tertiary alicyclic amines) is 1. The van der Waals surface area contributed by atoms with Gasteiger partial charge in [0.1, 0.15) is 11.5 Å². The third-order valence-corrected chi connectivity index (χ3v) is 8.29. The molecule has 6 aromatic rings. The van der Waals surface area contributed by atoms with Gasteiger partial charge in [0.05, 0.1) is 28.7 Å². The number of benzene rings is 2. The molecule has 2 aliphatic heterocycles. The Bertz CT molecular complexity index is 1860. The molecule has 0 saturated carbocycles. The van der Waals surface area contributed by atoms with Gasteiger partial charge < -0.3 is 4.90 Å². The summed E-state index contributed by atoms with van der Waals surface area (Å²) in [5, 5.41) is 13.4. The average Bonchev–Trinajstić information content (AvgIpc) is 3.75. The van der Waals surface area contributed by atoms with Gasteiger partial charge >= 0.3 is 0 Å². The summed E-state index contributed by atoms with van der Waals surface area (Å²) in [5.74, 6) is -0.211. The first-order chi connectivity index (χ1) is 19.2. The minimum Gasteiger partial charge on any atom is -0.363 e. The number of hydrogen-bond donors (Lipinski definition) is 1. The predicted molar refractivity (Wildman–Crippen MR) is 149 cm³/mol. The van der Waals surface area contributed by atoms with Crippen molar-refractivity contribution in [1.29, 1.82) is 0 Å². The highest BCUT2D eigenvalue weighted by Crippen LogP contribution is 2.40. The normalized spacial score (nSPS) is 19.1. The molecule has 2 bridgehead atoms. The number of anilines is 1. The third-order valence-electron chi connectivity index (χ3n) is 8.29. The Morgan fingerprint density at radius 2 is 1.85 bits per heavy atom. The highest BCUT2D eigenvalue weighted by Gasteiger charge is 2.42. The van der Waals surface area contributed by atoms with Gasteiger partial charge in [-0.3, -0.25) is 15.0 Å². The maximum atomic E-state index is 15.6. The van der Waals surface area contributed by atoms with Crippen LogP contribution in [0.5, 0.6) is 0 Å². The van der Waals surface area contributed by atoms with Crippen molar-refractivity contribution >= 4 is 22.2 Å². The summed E-state index contributed by atoms with van der Waals surface area (Å²) in [7, 11) is 2.15. The Morgan fingerprint density at radius 3 is 2.64 bits per heavy atom. The molecule has 1 N–H and O–H groups in total. The quantitative estimate of drug-likeness (QED) is 0.354. The Balaban J connectivity index is 1.30. The maximum Gasteiger partial charge on any atom is 0.164 e. The minimum absolute atomic E-state index is 0.211. The van der Waals surface area contributed by atoms with Crippen LogP contribution in [0.3, 0.4) is 0 Å². The number of likely N-dealkylation sites (N-methyl/N-ethyl adjacent to an activating group) is 1. The summed E-state index contributed by atoms with van der Waals surface area (Å²) in [6.07, 6.45) is 8.20. The van der Waals surface area contributed by atoms with E-state index in [4.69, 9.17) is 10.1 Å². The van der Waals surface area contributed by atoms with E-state index in [0.717, 1.165) is 64.1 Å². The van der Waals surface area contributed by atoms with Crippen LogP contribution in [0.2, 0.25) is 0 Å². The molecule has 2 aliphatic rings. The second-order valence-corrected chi connectivity index (χ2v) is 10.5. The van der Waals surface area contributed by atoms with Crippen molar-refractivity contribution < 1.29 is 4.39 Å². The number of nitrogens with zero attached hydrogens (tertiary/aromatic N) is 7. The first-order valence-corrected chi connectivity index (χ1v) is 13.1. The van der Waals surface area contributed by atoms with Gasteiger partial charge in [0.25, 0.3) is 0 Å². The Hall–Kier alpha value is -4.63. The molecule has 39 heavy (non-hydrogen) atoms. The zero-order valence-corrected chi connectivity index (χ0v) is 21.3. The van der Waals surface area contributed by atoms with Crippen molar-refractivity contribution in [3.05, 3.63) is 85.2 Å². The van der Waals surface area contributed by atoms with Crippen LogP contribution in [-0.2, 0) is 0 Å². The van der Waals surface area contributed by atoms with E-state index in [9.17, 15) is 0 Å². The van der Waals surface area contributed by atoms with E-state index in [2.05, 4.69) is 38.1 Å². The highest BCUT2D eigenvalue weighted by molar-refractivity contribution is 6.02. The first kappa shape index (κ1) is 22.4. The summed E-state index contributed by atoms with van der Waals surface area (Å²) in [6.45, 7) is 1.85. The van der Waals surface area contributed by atoms with Crippen molar-refractivity contribution in [3.63, 3.8) is 0 Å². The van der Waals surface area contributed by atoms with Crippen molar-refractivity contribution in [2.24, 2.45) is 0 Å². The van der Waals surface area contributed by atoms with Crippen LogP contribution in [0.4, 0.5) is 10.1 Å². The lowest BCUT2D eigenvalue weighted by Gasteiger charge is -2.33. The van der Waals surface area contributed by atoms with E-state index in [1.165, 1.54) is 0 Å². The van der Waals surface area contributed by atoms with E-state index in [-0.39, 0.29) is 5.82 Å². The molecule has 2 unspecified atom stereocenters. The van der Waals surface area contributed by atoms with Gasteiger partial charge in [-0.05, 0) is 55.4 Å². The van der Waals surface area contributed by atoms with Gasteiger partial charge in [0, 0.05) is 60.3 Å². The average molecular weight is 517 g/mol.